The van der Waals surface area contributed by atoms with Gasteiger partial charge in [0, 0.05) is 11.9 Å². The maximum absolute atomic E-state index is 10.9. The molecule has 0 spiro atoms. The molecule has 0 aliphatic carbocycles. The average Bonchev–Trinajstić information content (AvgIpc) is 2.14. The molecule has 0 radical (unpaired) electrons. The second kappa shape index (κ2) is 4.52. The zero-order valence-corrected chi connectivity index (χ0v) is 8.87. The molecule has 1 unspecified atom stereocenters. The minimum atomic E-state index is -3.40. The van der Waals surface area contributed by atoms with Crippen LogP contribution in [0.4, 0.5) is 0 Å². The summed E-state index contributed by atoms with van der Waals surface area (Å²) in [6, 6.07) is 5.58. The van der Waals surface area contributed by atoms with E-state index in [1.165, 1.54) is 0 Å². The molecular formula is C9H14N2O2S. The fourth-order valence-corrected chi connectivity index (χ4v) is 1.51. The number of pyridine rings is 1. The summed E-state index contributed by atoms with van der Waals surface area (Å²) in [5.41, 5.74) is 0.892. The Labute approximate surface area is 84.2 Å². The molecule has 4 nitrogen and oxygen atoms in total. The number of nitrogens with zero attached hydrogens (tertiary/aromatic N) is 1. The number of aryl methyl sites for hydroxylation is 1. The summed E-state index contributed by atoms with van der Waals surface area (Å²) in [5.74, 6) is 0. The molecule has 1 aromatic rings. The van der Waals surface area contributed by atoms with Crippen LogP contribution in [0.15, 0.2) is 24.4 Å². The van der Waals surface area contributed by atoms with Crippen molar-refractivity contribution in [3.63, 3.8) is 0 Å². The zero-order chi connectivity index (χ0) is 10.6. The summed E-state index contributed by atoms with van der Waals surface area (Å²) >= 11 is 0. The van der Waals surface area contributed by atoms with Crippen molar-refractivity contribution in [3.8, 4) is 0 Å². The quantitative estimate of drug-likeness (QED) is 0.801. The highest BCUT2D eigenvalue weighted by molar-refractivity contribution is 7.89. The molecule has 0 aliphatic rings. The van der Waals surface area contributed by atoms with E-state index in [2.05, 4.69) is 4.98 Å². The molecule has 1 rings (SSSR count). The monoisotopic (exact) mass is 214 g/mol. The summed E-state index contributed by atoms with van der Waals surface area (Å²) in [7, 11) is -3.40. The second-order valence-corrected chi connectivity index (χ2v) is 5.24. The van der Waals surface area contributed by atoms with Gasteiger partial charge in [0.1, 0.15) is 0 Å². The maximum Gasteiger partial charge on any atom is 0.211 e. The van der Waals surface area contributed by atoms with Gasteiger partial charge in [-0.3, -0.25) is 4.98 Å². The largest absolute Gasteiger partial charge is 0.261 e. The van der Waals surface area contributed by atoms with E-state index in [1.54, 1.807) is 13.1 Å². The number of sulfonamides is 1. The number of hydrogen-bond acceptors (Lipinski definition) is 3. The smallest absolute Gasteiger partial charge is 0.211 e. The molecule has 0 saturated heterocycles. The van der Waals surface area contributed by atoms with Crippen LogP contribution in [0.2, 0.25) is 0 Å². The van der Waals surface area contributed by atoms with Gasteiger partial charge in [-0.2, -0.15) is 0 Å². The Morgan fingerprint density at radius 2 is 2.21 bits per heavy atom. The van der Waals surface area contributed by atoms with Crippen LogP contribution in [0, 0.1) is 0 Å². The van der Waals surface area contributed by atoms with Gasteiger partial charge >= 0.3 is 0 Å². The number of primary sulfonamides is 1. The van der Waals surface area contributed by atoms with Gasteiger partial charge in [0.05, 0.1) is 5.25 Å². The lowest BCUT2D eigenvalue weighted by atomic mass is 10.2. The maximum atomic E-state index is 10.9. The average molecular weight is 214 g/mol. The van der Waals surface area contributed by atoms with Crippen molar-refractivity contribution in [2.75, 3.05) is 0 Å². The number of rotatable bonds is 4. The van der Waals surface area contributed by atoms with Crippen LogP contribution in [-0.2, 0) is 16.4 Å². The van der Waals surface area contributed by atoms with Gasteiger partial charge in [-0.25, -0.2) is 13.6 Å². The molecule has 0 bridgehead atoms. The molecule has 2 N–H and O–H groups in total. The molecule has 1 aromatic heterocycles. The van der Waals surface area contributed by atoms with E-state index >= 15 is 0 Å². The topological polar surface area (TPSA) is 73.0 Å². The highest BCUT2D eigenvalue weighted by Crippen LogP contribution is 2.06. The lowest BCUT2D eigenvalue weighted by Crippen LogP contribution is -2.26. The van der Waals surface area contributed by atoms with Crippen molar-refractivity contribution in [3.05, 3.63) is 30.1 Å². The molecule has 0 aromatic carbocycles. The summed E-state index contributed by atoms with van der Waals surface area (Å²) < 4.78 is 21.8. The highest BCUT2D eigenvalue weighted by Gasteiger charge is 2.14. The van der Waals surface area contributed by atoms with Crippen molar-refractivity contribution in [1.29, 1.82) is 0 Å². The van der Waals surface area contributed by atoms with E-state index in [4.69, 9.17) is 5.14 Å². The van der Waals surface area contributed by atoms with Crippen molar-refractivity contribution in [2.45, 2.75) is 25.0 Å². The summed E-state index contributed by atoms with van der Waals surface area (Å²) in [6.45, 7) is 1.61. The molecule has 1 heterocycles. The number of aromatic nitrogens is 1. The van der Waals surface area contributed by atoms with Gasteiger partial charge in [-0.15, -0.1) is 0 Å². The predicted octanol–water partition coefficient (Wildman–Crippen LogP) is 0.691. The van der Waals surface area contributed by atoms with Crippen LogP contribution in [0.3, 0.4) is 0 Å². The van der Waals surface area contributed by atoms with Gasteiger partial charge in [-0.1, -0.05) is 6.07 Å². The molecule has 0 aliphatic heterocycles. The fourth-order valence-electron chi connectivity index (χ4n) is 1.06. The third-order valence-electron chi connectivity index (χ3n) is 2.09. The minimum absolute atomic E-state index is 0.510. The molecule has 0 amide bonds. The normalized spacial score (nSPS) is 13.9. The minimum Gasteiger partial charge on any atom is -0.261 e. The first-order valence-corrected chi connectivity index (χ1v) is 6.02. The third-order valence-corrected chi connectivity index (χ3v) is 3.45. The third kappa shape index (κ3) is 3.43. The van der Waals surface area contributed by atoms with Crippen molar-refractivity contribution in [1.82, 2.24) is 4.98 Å². The van der Waals surface area contributed by atoms with E-state index in [0.717, 1.165) is 5.69 Å². The Balaban J connectivity index is 2.50. The van der Waals surface area contributed by atoms with Gasteiger partial charge in [0.15, 0.2) is 0 Å². The first-order valence-electron chi connectivity index (χ1n) is 4.41. The van der Waals surface area contributed by atoms with Crippen LogP contribution >= 0.6 is 0 Å². The van der Waals surface area contributed by atoms with Gasteiger partial charge < -0.3 is 0 Å². The summed E-state index contributed by atoms with van der Waals surface area (Å²) in [4.78, 5) is 4.10. The van der Waals surface area contributed by atoms with E-state index in [9.17, 15) is 8.42 Å². The van der Waals surface area contributed by atoms with Gasteiger partial charge in [-0.05, 0) is 31.9 Å². The molecule has 0 saturated carbocycles. The number of hydrogen-bond donors (Lipinski definition) is 1. The fraction of sp³-hybridized carbons (Fsp3) is 0.444. The standard InChI is InChI=1S/C9H14N2O2S/c1-8(14(10,12)13)5-6-9-4-2-3-7-11-9/h2-4,7-8H,5-6H2,1H3,(H2,10,12,13). The molecule has 0 fully saturated rings. The van der Waals surface area contributed by atoms with Gasteiger partial charge in [0.2, 0.25) is 10.0 Å². The van der Waals surface area contributed by atoms with E-state index in [0.29, 0.717) is 12.8 Å². The summed E-state index contributed by atoms with van der Waals surface area (Å²) in [5, 5.41) is 4.49. The van der Waals surface area contributed by atoms with E-state index in [1.807, 2.05) is 18.2 Å². The Morgan fingerprint density at radius 1 is 1.50 bits per heavy atom. The van der Waals surface area contributed by atoms with Crippen molar-refractivity contribution < 1.29 is 8.42 Å². The summed E-state index contributed by atoms with van der Waals surface area (Å²) in [6.07, 6.45) is 2.84. The first-order chi connectivity index (χ1) is 6.50. The lowest BCUT2D eigenvalue weighted by molar-refractivity contribution is 0.578. The van der Waals surface area contributed by atoms with Crippen LogP contribution in [0.1, 0.15) is 19.0 Å². The van der Waals surface area contributed by atoms with E-state index < -0.39 is 15.3 Å². The molecule has 14 heavy (non-hydrogen) atoms. The first kappa shape index (κ1) is 11.1. The van der Waals surface area contributed by atoms with Crippen molar-refractivity contribution >= 4 is 10.0 Å². The van der Waals surface area contributed by atoms with Gasteiger partial charge in [0.25, 0.3) is 0 Å². The molecular weight excluding hydrogens is 200 g/mol. The second-order valence-electron chi connectivity index (χ2n) is 3.26. The Bertz CT molecular complexity index is 375. The molecule has 1 atom stereocenters. The van der Waals surface area contributed by atoms with Crippen LogP contribution < -0.4 is 5.14 Å². The zero-order valence-electron chi connectivity index (χ0n) is 8.05. The predicted molar refractivity (Wildman–Crippen MR) is 55.1 cm³/mol. The number of nitrogens with two attached hydrogens (primary N) is 1. The van der Waals surface area contributed by atoms with E-state index in [-0.39, 0.29) is 0 Å². The lowest BCUT2D eigenvalue weighted by Gasteiger charge is -2.07. The van der Waals surface area contributed by atoms with Crippen LogP contribution in [-0.4, -0.2) is 18.7 Å². The molecule has 78 valence electrons. The van der Waals surface area contributed by atoms with Crippen LogP contribution in [0.25, 0.3) is 0 Å². The van der Waals surface area contributed by atoms with Crippen molar-refractivity contribution in [2.24, 2.45) is 5.14 Å². The molecule has 5 heteroatoms. The van der Waals surface area contributed by atoms with Crippen LogP contribution in [0.5, 0.6) is 0 Å². The Kier molecular flexibility index (Phi) is 3.60. The Hall–Kier alpha value is -0.940. The highest BCUT2D eigenvalue weighted by atomic mass is 32.2. The Morgan fingerprint density at radius 3 is 2.71 bits per heavy atom. The SMILES string of the molecule is CC(CCc1ccccn1)S(N)(=O)=O.